The van der Waals surface area contributed by atoms with Gasteiger partial charge in [0, 0.05) is 42.7 Å². The van der Waals surface area contributed by atoms with Gasteiger partial charge in [0.1, 0.15) is 6.04 Å². The van der Waals surface area contributed by atoms with Crippen LogP contribution in [0.2, 0.25) is 0 Å². The molecule has 3 aromatic rings. The van der Waals surface area contributed by atoms with Gasteiger partial charge in [-0.2, -0.15) is 0 Å². The van der Waals surface area contributed by atoms with Gasteiger partial charge in [0.15, 0.2) is 0 Å². The van der Waals surface area contributed by atoms with E-state index >= 15 is 0 Å². The van der Waals surface area contributed by atoms with Crippen LogP contribution < -0.4 is 9.62 Å². The van der Waals surface area contributed by atoms with Gasteiger partial charge in [-0.3, -0.25) is 24.6 Å². The van der Waals surface area contributed by atoms with E-state index in [1.54, 1.807) is 16.8 Å². The van der Waals surface area contributed by atoms with Crippen LogP contribution in [0.5, 0.6) is 0 Å². The molecule has 0 spiro atoms. The summed E-state index contributed by atoms with van der Waals surface area (Å²) in [7, 11) is 2.09. The van der Waals surface area contributed by atoms with Crippen LogP contribution in [0.15, 0.2) is 77.7 Å². The number of carbonyl (C=O) groups excluding carboxylic acids is 3. The number of piperidine rings is 2. The molecule has 0 aliphatic carbocycles. The minimum Gasteiger partial charge on any atom is -0.322 e. The molecule has 3 heterocycles. The maximum absolute atomic E-state index is 13.0. The van der Waals surface area contributed by atoms with E-state index in [2.05, 4.69) is 82.2 Å². The number of benzene rings is 3. The minimum atomic E-state index is -0.568. The molecule has 3 aromatic carbocycles. The lowest BCUT2D eigenvalue weighted by Gasteiger charge is -2.32. The van der Waals surface area contributed by atoms with Crippen molar-refractivity contribution in [2.75, 3.05) is 24.4 Å². The van der Waals surface area contributed by atoms with Crippen molar-refractivity contribution in [3.63, 3.8) is 0 Å². The molecule has 0 bridgehead atoms. The van der Waals surface area contributed by atoms with Crippen molar-refractivity contribution < 1.29 is 14.4 Å². The molecule has 1 unspecified atom stereocenters. The Balaban J connectivity index is 1.02. The van der Waals surface area contributed by atoms with Crippen molar-refractivity contribution in [1.29, 1.82) is 0 Å². The Morgan fingerprint density at radius 2 is 1.68 bits per heavy atom. The Kier molecular flexibility index (Phi) is 7.63. The molecule has 206 valence electrons. The summed E-state index contributed by atoms with van der Waals surface area (Å²) < 4.78 is 2.18. The number of nitrogens with zero attached hydrogens (tertiary/aromatic N) is 3. The highest BCUT2D eigenvalue weighted by Crippen LogP contribution is 2.34. The fourth-order valence-electron chi connectivity index (χ4n) is 6.04. The van der Waals surface area contributed by atoms with Crippen molar-refractivity contribution in [2.24, 2.45) is 0 Å². The number of hydrogen-bond donors (Lipinski definition) is 1. The second-order valence-corrected chi connectivity index (χ2v) is 12.1. The first-order valence-corrected chi connectivity index (χ1v) is 14.8. The first-order chi connectivity index (χ1) is 19.4. The van der Waals surface area contributed by atoms with Crippen LogP contribution in [0.25, 0.3) is 0 Å². The van der Waals surface area contributed by atoms with Crippen molar-refractivity contribution in [2.45, 2.75) is 55.6 Å². The third kappa shape index (κ3) is 5.64. The van der Waals surface area contributed by atoms with Gasteiger partial charge in [0.25, 0.3) is 5.91 Å². The highest BCUT2D eigenvalue weighted by atomic mass is 32.2. The van der Waals surface area contributed by atoms with E-state index in [0.717, 1.165) is 38.0 Å². The fourth-order valence-corrected chi connectivity index (χ4v) is 6.84. The van der Waals surface area contributed by atoms with E-state index < -0.39 is 6.04 Å². The van der Waals surface area contributed by atoms with E-state index in [1.165, 1.54) is 21.7 Å². The lowest BCUT2D eigenvalue weighted by atomic mass is 9.87. The largest absolute Gasteiger partial charge is 0.322 e. The van der Waals surface area contributed by atoms with Gasteiger partial charge in [-0.25, -0.2) is 0 Å². The van der Waals surface area contributed by atoms with Crippen LogP contribution in [0.1, 0.15) is 58.6 Å². The fraction of sp³-hybridized carbons (Fsp3) is 0.344. The lowest BCUT2D eigenvalue weighted by molar-refractivity contribution is -0.136. The summed E-state index contributed by atoms with van der Waals surface area (Å²) >= 11 is 1.73. The van der Waals surface area contributed by atoms with Gasteiger partial charge in [-0.1, -0.05) is 42.5 Å². The van der Waals surface area contributed by atoms with Gasteiger partial charge < -0.3 is 9.21 Å². The SMILES string of the molecule is CN(Sc1ccc(CN2CCC(c3ccc4c(c3)CN(C3CCC(=O)NC3=O)C4=O)CC2)cc1)c1ccccc1. The Labute approximate surface area is 239 Å². The molecule has 6 rings (SSSR count). The summed E-state index contributed by atoms with van der Waals surface area (Å²) in [5.74, 6) is -0.268. The molecule has 0 radical (unpaired) electrons. The summed E-state index contributed by atoms with van der Waals surface area (Å²) in [6, 6.07) is 24.9. The topological polar surface area (TPSA) is 73.0 Å². The standard InChI is InChI=1S/C32H34N4O3S/c1-34(26-5-3-2-4-6-26)40-27-10-7-22(8-11-27)20-35-17-15-23(16-18-35)24-9-12-28-25(19-24)21-36(32(28)39)29-13-14-30(37)33-31(29)38/h2-12,19,23,29H,13-18,20-21H2,1H3,(H,33,37,38). The average Bonchev–Trinajstić information content (AvgIpc) is 3.30. The van der Waals surface area contributed by atoms with Crippen LogP contribution in [0.3, 0.4) is 0 Å². The third-order valence-electron chi connectivity index (χ3n) is 8.30. The van der Waals surface area contributed by atoms with E-state index in [9.17, 15) is 14.4 Å². The monoisotopic (exact) mass is 554 g/mol. The van der Waals surface area contributed by atoms with Crippen LogP contribution in [-0.4, -0.2) is 53.7 Å². The highest BCUT2D eigenvalue weighted by molar-refractivity contribution is 8.00. The number of rotatable bonds is 7. The molecule has 8 heteroatoms. The summed E-state index contributed by atoms with van der Waals surface area (Å²) in [6.07, 6.45) is 2.83. The van der Waals surface area contributed by atoms with E-state index in [0.29, 0.717) is 24.4 Å². The van der Waals surface area contributed by atoms with Crippen LogP contribution >= 0.6 is 11.9 Å². The van der Waals surface area contributed by atoms with Crippen molar-refractivity contribution in [3.05, 3.63) is 95.1 Å². The number of hydrogen-bond acceptors (Lipinski definition) is 6. The zero-order valence-electron chi connectivity index (χ0n) is 22.7. The predicted molar refractivity (Wildman–Crippen MR) is 157 cm³/mol. The second kappa shape index (κ2) is 11.5. The molecule has 2 fully saturated rings. The molecule has 0 aromatic heterocycles. The maximum Gasteiger partial charge on any atom is 0.255 e. The smallest absolute Gasteiger partial charge is 0.255 e. The molecule has 7 nitrogen and oxygen atoms in total. The van der Waals surface area contributed by atoms with Gasteiger partial charge >= 0.3 is 0 Å². The average molecular weight is 555 g/mol. The minimum absolute atomic E-state index is 0.109. The van der Waals surface area contributed by atoms with Gasteiger partial charge in [0.05, 0.1) is 0 Å². The van der Waals surface area contributed by atoms with Crippen molar-refractivity contribution in [1.82, 2.24) is 15.1 Å². The molecular weight excluding hydrogens is 520 g/mol. The summed E-state index contributed by atoms with van der Waals surface area (Å²) in [4.78, 5) is 42.3. The Morgan fingerprint density at radius 1 is 0.925 bits per heavy atom. The molecular formula is C32H34N4O3S. The van der Waals surface area contributed by atoms with E-state index in [4.69, 9.17) is 0 Å². The highest BCUT2D eigenvalue weighted by Gasteiger charge is 2.39. The van der Waals surface area contributed by atoms with Gasteiger partial charge in [-0.05, 0) is 97.2 Å². The van der Waals surface area contributed by atoms with Crippen LogP contribution in [0.4, 0.5) is 5.69 Å². The number of anilines is 1. The summed E-state index contributed by atoms with van der Waals surface area (Å²) in [5.41, 5.74) is 5.46. The quantitative estimate of drug-likeness (QED) is 0.329. The zero-order valence-corrected chi connectivity index (χ0v) is 23.5. The first kappa shape index (κ1) is 26.6. The molecule has 3 aliphatic heterocycles. The number of carbonyl (C=O) groups is 3. The Hall–Kier alpha value is -3.62. The zero-order chi connectivity index (χ0) is 27.6. The van der Waals surface area contributed by atoms with Crippen LogP contribution in [0, 0.1) is 0 Å². The Morgan fingerprint density at radius 3 is 2.40 bits per heavy atom. The summed E-state index contributed by atoms with van der Waals surface area (Å²) in [5, 5.41) is 2.37. The number of para-hydroxylation sites is 1. The first-order valence-electron chi connectivity index (χ1n) is 14.0. The number of nitrogens with one attached hydrogen (secondary N) is 1. The molecule has 2 saturated heterocycles. The lowest BCUT2D eigenvalue weighted by Crippen LogP contribution is -2.52. The van der Waals surface area contributed by atoms with E-state index in [1.807, 2.05) is 12.1 Å². The molecule has 1 N–H and O–H groups in total. The second-order valence-electron chi connectivity index (χ2n) is 10.9. The number of amides is 3. The molecule has 40 heavy (non-hydrogen) atoms. The number of fused-ring (bicyclic) bond motifs is 1. The normalized spacial score (nSPS) is 20.0. The number of likely N-dealkylation sites (tertiary alicyclic amines) is 1. The van der Waals surface area contributed by atoms with Gasteiger partial charge in [0.2, 0.25) is 11.8 Å². The molecule has 3 aliphatic rings. The summed E-state index contributed by atoms with van der Waals surface area (Å²) in [6.45, 7) is 3.46. The third-order valence-corrected chi connectivity index (χ3v) is 9.27. The predicted octanol–water partition coefficient (Wildman–Crippen LogP) is 4.97. The molecule has 3 amide bonds. The van der Waals surface area contributed by atoms with Crippen molar-refractivity contribution >= 4 is 35.4 Å². The van der Waals surface area contributed by atoms with Gasteiger partial charge in [-0.15, -0.1) is 0 Å². The Bertz CT molecular complexity index is 1400. The maximum atomic E-state index is 13.0. The van der Waals surface area contributed by atoms with Crippen molar-refractivity contribution in [3.8, 4) is 0 Å². The molecule has 1 atom stereocenters. The number of imide groups is 1. The van der Waals surface area contributed by atoms with E-state index in [-0.39, 0.29) is 24.1 Å². The van der Waals surface area contributed by atoms with Crippen LogP contribution in [-0.2, 0) is 22.7 Å². The molecule has 0 saturated carbocycles.